The molecule has 2 N–H and O–H groups in total. The van der Waals surface area contributed by atoms with Gasteiger partial charge in [0.2, 0.25) is 0 Å². The highest BCUT2D eigenvalue weighted by Gasteiger charge is 2.37. The summed E-state index contributed by atoms with van der Waals surface area (Å²) in [6.45, 7) is 3.72. The van der Waals surface area contributed by atoms with Crippen LogP contribution in [0, 0.1) is 19.8 Å². The summed E-state index contributed by atoms with van der Waals surface area (Å²) in [5.41, 5.74) is 2.18. The Morgan fingerprint density at radius 1 is 1.30 bits per heavy atom. The van der Waals surface area contributed by atoms with Gasteiger partial charge in [0.05, 0.1) is 7.11 Å². The molecule has 0 saturated heterocycles. The molecule has 0 spiro atoms. The van der Waals surface area contributed by atoms with Crippen LogP contribution in [0.4, 0.5) is 0 Å². The second kappa shape index (κ2) is 5.53. The number of carboxylic acid groups (broad SMARTS) is 1. The lowest BCUT2D eigenvalue weighted by Gasteiger charge is -2.15. The van der Waals surface area contributed by atoms with Gasteiger partial charge < -0.3 is 15.2 Å². The maximum absolute atomic E-state index is 12.2. The van der Waals surface area contributed by atoms with E-state index in [4.69, 9.17) is 9.84 Å². The number of rotatable bonds is 5. The van der Waals surface area contributed by atoms with E-state index in [0.29, 0.717) is 5.56 Å². The molecule has 1 fully saturated rings. The van der Waals surface area contributed by atoms with Gasteiger partial charge in [0.15, 0.2) is 0 Å². The third kappa shape index (κ3) is 2.92. The first-order valence-corrected chi connectivity index (χ1v) is 6.63. The molecule has 1 aromatic rings. The molecular formula is C15H19NO4. The maximum atomic E-state index is 12.2. The zero-order valence-electron chi connectivity index (χ0n) is 11.9. The first-order valence-electron chi connectivity index (χ1n) is 6.63. The van der Waals surface area contributed by atoms with Crippen molar-refractivity contribution in [2.24, 2.45) is 5.92 Å². The van der Waals surface area contributed by atoms with E-state index in [2.05, 4.69) is 5.32 Å². The van der Waals surface area contributed by atoms with Crippen molar-refractivity contribution in [1.82, 2.24) is 5.32 Å². The Morgan fingerprint density at radius 3 is 2.25 bits per heavy atom. The molecule has 0 heterocycles. The predicted octanol–water partition coefficient (Wildman–Crippen LogP) is 1.91. The molecule has 1 aromatic carbocycles. The minimum Gasteiger partial charge on any atom is -0.496 e. The number of methoxy groups -OCH3 is 1. The Hall–Kier alpha value is -2.04. The Kier molecular flexibility index (Phi) is 3.97. The number of aryl methyl sites for hydroxylation is 2. The van der Waals surface area contributed by atoms with Gasteiger partial charge in [-0.05, 0) is 55.9 Å². The van der Waals surface area contributed by atoms with Crippen LogP contribution in [0.15, 0.2) is 12.1 Å². The molecular weight excluding hydrogens is 258 g/mol. The van der Waals surface area contributed by atoms with Gasteiger partial charge in [0.1, 0.15) is 11.8 Å². The second-order valence-corrected chi connectivity index (χ2v) is 5.27. The average molecular weight is 277 g/mol. The van der Waals surface area contributed by atoms with E-state index in [9.17, 15) is 9.59 Å². The molecule has 1 amide bonds. The van der Waals surface area contributed by atoms with Gasteiger partial charge >= 0.3 is 5.97 Å². The Labute approximate surface area is 117 Å². The number of aliphatic carboxylic acids is 1. The molecule has 1 aliphatic rings. The molecule has 0 bridgehead atoms. The van der Waals surface area contributed by atoms with Crippen molar-refractivity contribution in [2.45, 2.75) is 32.7 Å². The van der Waals surface area contributed by atoms with Gasteiger partial charge in [-0.25, -0.2) is 4.79 Å². The number of ether oxygens (including phenoxy) is 1. The molecule has 5 nitrogen and oxygen atoms in total. The SMILES string of the molecule is COc1c(C)cc(C(=O)NC(C(=O)O)C2CC2)cc1C. The summed E-state index contributed by atoms with van der Waals surface area (Å²) in [5.74, 6) is -0.503. The summed E-state index contributed by atoms with van der Waals surface area (Å²) in [6, 6.07) is 2.64. The molecule has 108 valence electrons. The van der Waals surface area contributed by atoms with Gasteiger partial charge in [-0.15, -0.1) is 0 Å². The minimum absolute atomic E-state index is 0.0666. The summed E-state index contributed by atoms with van der Waals surface area (Å²) >= 11 is 0. The zero-order valence-corrected chi connectivity index (χ0v) is 11.9. The first-order chi connectivity index (χ1) is 9.43. The van der Waals surface area contributed by atoms with Crippen LogP contribution in [0.1, 0.15) is 34.3 Å². The predicted molar refractivity (Wildman–Crippen MR) is 74.1 cm³/mol. The fourth-order valence-electron chi connectivity index (χ4n) is 2.44. The van der Waals surface area contributed by atoms with E-state index in [1.165, 1.54) is 0 Å². The average Bonchev–Trinajstić information content (AvgIpc) is 3.19. The van der Waals surface area contributed by atoms with Crippen molar-refractivity contribution < 1.29 is 19.4 Å². The molecule has 0 aromatic heterocycles. The largest absolute Gasteiger partial charge is 0.496 e. The summed E-state index contributed by atoms with van der Waals surface area (Å²) in [4.78, 5) is 23.3. The van der Waals surface area contributed by atoms with E-state index in [1.807, 2.05) is 13.8 Å². The molecule has 1 aliphatic carbocycles. The lowest BCUT2D eigenvalue weighted by molar-refractivity contribution is -0.139. The van der Waals surface area contributed by atoms with E-state index >= 15 is 0 Å². The number of amides is 1. The fourth-order valence-corrected chi connectivity index (χ4v) is 2.44. The maximum Gasteiger partial charge on any atom is 0.326 e. The van der Waals surface area contributed by atoms with Crippen LogP contribution in [0.2, 0.25) is 0 Å². The third-order valence-corrected chi connectivity index (χ3v) is 3.57. The number of benzene rings is 1. The monoisotopic (exact) mass is 277 g/mol. The summed E-state index contributed by atoms with van der Waals surface area (Å²) in [6.07, 6.45) is 1.72. The van der Waals surface area contributed by atoms with Gasteiger partial charge in [-0.3, -0.25) is 4.79 Å². The minimum atomic E-state index is -0.970. The number of carboxylic acids is 1. The van der Waals surface area contributed by atoms with Crippen LogP contribution < -0.4 is 10.1 Å². The second-order valence-electron chi connectivity index (χ2n) is 5.27. The normalized spacial score (nSPS) is 15.6. The molecule has 1 atom stereocenters. The van der Waals surface area contributed by atoms with Crippen LogP contribution in [0.25, 0.3) is 0 Å². The highest BCUT2D eigenvalue weighted by molar-refractivity contribution is 5.97. The van der Waals surface area contributed by atoms with Crippen LogP contribution >= 0.6 is 0 Å². The molecule has 0 radical (unpaired) electrons. The van der Waals surface area contributed by atoms with Crippen molar-refractivity contribution in [1.29, 1.82) is 0 Å². The van der Waals surface area contributed by atoms with Gasteiger partial charge in [0.25, 0.3) is 5.91 Å². The molecule has 20 heavy (non-hydrogen) atoms. The zero-order chi connectivity index (χ0) is 14.9. The summed E-state index contributed by atoms with van der Waals surface area (Å²) < 4.78 is 5.25. The van der Waals surface area contributed by atoms with Gasteiger partial charge in [0, 0.05) is 5.56 Å². The van der Waals surface area contributed by atoms with Crippen molar-refractivity contribution in [3.05, 3.63) is 28.8 Å². The number of hydrogen-bond donors (Lipinski definition) is 2. The number of carbonyl (C=O) groups excluding carboxylic acids is 1. The van der Waals surface area contributed by atoms with Crippen LogP contribution in [-0.4, -0.2) is 30.1 Å². The van der Waals surface area contributed by atoms with E-state index in [1.54, 1.807) is 19.2 Å². The molecule has 1 unspecified atom stereocenters. The van der Waals surface area contributed by atoms with Crippen LogP contribution in [0.5, 0.6) is 5.75 Å². The highest BCUT2D eigenvalue weighted by Crippen LogP contribution is 2.33. The lowest BCUT2D eigenvalue weighted by Crippen LogP contribution is -2.42. The molecule has 2 rings (SSSR count). The third-order valence-electron chi connectivity index (χ3n) is 3.57. The Bertz CT molecular complexity index is 526. The summed E-state index contributed by atoms with van der Waals surface area (Å²) in [5, 5.41) is 11.7. The molecule has 1 saturated carbocycles. The highest BCUT2D eigenvalue weighted by atomic mass is 16.5. The number of nitrogens with one attached hydrogen (secondary N) is 1. The first kappa shape index (κ1) is 14.4. The van der Waals surface area contributed by atoms with Crippen molar-refractivity contribution in [3.8, 4) is 5.75 Å². The number of hydrogen-bond acceptors (Lipinski definition) is 3. The van der Waals surface area contributed by atoms with E-state index in [0.717, 1.165) is 29.7 Å². The van der Waals surface area contributed by atoms with E-state index in [-0.39, 0.29) is 11.8 Å². The van der Waals surface area contributed by atoms with Crippen molar-refractivity contribution >= 4 is 11.9 Å². The quantitative estimate of drug-likeness (QED) is 0.862. The Morgan fingerprint density at radius 2 is 1.85 bits per heavy atom. The van der Waals surface area contributed by atoms with Crippen molar-refractivity contribution in [2.75, 3.05) is 7.11 Å². The topological polar surface area (TPSA) is 75.6 Å². The molecule has 0 aliphatic heterocycles. The van der Waals surface area contributed by atoms with Crippen molar-refractivity contribution in [3.63, 3.8) is 0 Å². The lowest BCUT2D eigenvalue weighted by atomic mass is 10.0. The fraction of sp³-hybridized carbons (Fsp3) is 0.467. The van der Waals surface area contributed by atoms with Gasteiger partial charge in [-0.2, -0.15) is 0 Å². The van der Waals surface area contributed by atoms with Crippen LogP contribution in [-0.2, 0) is 4.79 Å². The summed E-state index contributed by atoms with van der Waals surface area (Å²) in [7, 11) is 1.59. The number of carbonyl (C=O) groups is 2. The van der Waals surface area contributed by atoms with E-state index < -0.39 is 12.0 Å². The smallest absolute Gasteiger partial charge is 0.326 e. The standard InChI is InChI=1S/C15H19NO4/c1-8-6-11(7-9(2)13(8)20-3)14(17)16-12(15(18)19)10-4-5-10/h6-7,10,12H,4-5H2,1-3H3,(H,16,17)(H,18,19). The Balaban J connectivity index is 2.18. The van der Waals surface area contributed by atoms with Gasteiger partial charge in [-0.1, -0.05) is 0 Å². The molecule has 5 heteroatoms. The van der Waals surface area contributed by atoms with Crippen LogP contribution in [0.3, 0.4) is 0 Å².